The Hall–Kier alpha value is -2.94. The quantitative estimate of drug-likeness (QED) is 0.593. The van der Waals surface area contributed by atoms with Gasteiger partial charge in [0.1, 0.15) is 23.2 Å². The Labute approximate surface area is 153 Å². The first kappa shape index (κ1) is 19.4. The second-order valence-corrected chi connectivity index (χ2v) is 5.89. The Bertz CT molecular complexity index is 757. The number of allylic oxidation sites excluding steroid dienone is 2. The highest BCUT2D eigenvalue weighted by Crippen LogP contribution is 2.39. The van der Waals surface area contributed by atoms with Gasteiger partial charge in [-0.2, -0.15) is 5.26 Å². The number of benzene rings is 1. The summed E-state index contributed by atoms with van der Waals surface area (Å²) in [6.07, 6.45) is 2.04. The Kier molecular flexibility index (Phi) is 6.67. The van der Waals surface area contributed by atoms with Crippen molar-refractivity contribution in [1.82, 2.24) is 0 Å². The maximum absolute atomic E-state index is 12.4. The first-order valence-electron chi connectivity index (χ1n) is 8.71. The topological polar surface area (TPSA) is 94.6 Å². The molecule has 138 valence electrons. The minimum Gasteiger partial charge on any atom is -0.494 e. The van der Waals surface area contributed by atoms with Crippen LogP contribution in [0.2, 0.25) is 0 Å². The molecule has 6 nitrogen and oxygen atoms in total. The molecule has 0 saturated heterocycles. The molecule has 1 atom stereocenters. The van der Waals surface area contributed by atoms with Crippen LogP contribution in [0.25, 0.3) is 0 Å². The molecule has 26 heavy (non-hydrogen) atoms. The molecule has 2 rings (SSSR count). The number of hydrogen-bond acceptors (Lipinski definition) is 6. The van der Waals surface area contributed by atoms with Crippen LogP contribution in [0.1, 0.15) is 45.1 Å². The average Bonchev–Trinajstić information content (AvgIpc) is 2.62. The highest BCUT2D eigenvalue weighted by Gasteiger charge is 2.36. The van der Waals surface area contributed by atoms with E-state index in [4.69, 9.17) is 19.9 Å². The Morgan fingerprint density at radius 1 is 1.31 bits per heavy atom. The summed E-state index contributed by atoms with van der Waals surface area (Å²) in [6.45, 7) is 6.35. The molecule has 0 saturated carbocycles. The van der Waals surface area contributed by atoms with E-state index in [0.29, 0.717) is 12.4 Å². The molecule has 0 unspecified atom stereocenters. The zero-order valence-electron chi connectivity index (χ0n) is 15.4. The summed E-state index contributed by atoms with van der Waals surface area (Å²) in [5.74, 6) is -0.0568. The molecule has 0 aromatic heterocycles. The lowest BCUT2D eigenvalue weighted by Gasteiger charge is -2.26. The monoisotopic (exact) mass is 356 g/mol. The number of unbranched alkanes of at least 4 members (excludes halogenated alkanes) is 1. The molecular weight excluding hydrogens is 332 g/mol. The molecule has 1 aliphatic heterocycles. The van der Waals surface area contributed by atoms with Crippen molar-refractivity contribution in [3.05, 3.63) is 52.6 Å². The molecule has 0 amide bonds. The smallest absolute Gasteiger partial charge is 0.338 e. The third kappa shape index (κ3) is 4.17. The van der Waals surface area contributed by atoms with Gasteiger partial charge in [-0.1, -0.05) is 25.5 Å². The summed E-state index contributed by atoms with van der Waals surface area (Å²) >= 11 is 0. The molecule has 1 aromatic rings. The van der Waals surface area contributed by atoms with Crippen LogP contribution in [0.15, 0.2) is 47.1 Å². The molecule has 1 aromatic carbocycles. The minimum absolute atomic E-state index is 0.00585. The van der Waals surface area contributed by atoms with Crippen molar-refractivity contribution in [2.75, 3.05) is 13.2 Å². The van der Waals surface area contributed by atoms with E-state index in [1.807, 2.05) is 24.3 Å². The van der Waals surface area contributed by atoms with Gasteiger partial charge in [0.25, 0.3) is 0 Å². The maximum atomic E-state index is 12.4. The van der Waals surface area contributed by atoms with E-state index in [1.54, 1.807) is 13.8 Å². The van der Waals surface area contributed by atoms with Crippen LogP contribution in [0, 0.1) is 11.3 Å². The van der Waals surface area contributed by atoms with Crippen molar-refractivity contribution in [2.45, 2.75) is 39.5 Å². The fourth-order valence-corrected chi connectivity index (χ4v) is 2.78. The molecule has 0 spiro atoms. The van der Waals surface area contributed by atoms with Crippen LogP contribution in [0.3, 0.4) is 0 Å². The van der Waals surface area contributed by atoms with Gasteiger partial charge < -0.3 is 19.9 Å². The number of nitrogens with zero attached hydrogens (tertiary/aromatic N) is 1. The first-order chi connectivity index (χ1) is 12.5. The van der Waals surface area contributed by atoms with E-state index in [2.05, 4.69) is 13.0 Å². The van der Waals surface area contributed by atoms with Crippen molar-refractivity contribution in [2.24, 2.45) is 5.73 Å². The summed E-state index contributed by atoms with van der Waals surface area (Å²) < 4.78 is 16.2. The zero-order valence-corrected chi connectivity index (χ0v) is 15.4. The van der Waals surface area contributed by atoms with Gasteiger partial charge in [0, 0.05) is 0 Å². The van der Waals surface area contributed by atoms with Crippen LogP contribution in [0.5, 0.6) is 5.75 Å². The number of nitriles is 1. The second kappa shape index (κ2) is 8.95. The minimum atomic E-state index is -0.627. The lowest BCUT2D eigenvalue weighted by atomic mass is 9.83. The molecule has 0 bridgehead atoms. The van der Waals surface area contributed by atoms with Gasteiger partial charge >= 0.3 is 5.97 Å². The Morgan fingerprint density at radius 2 is 2.00 bits per heavy atom. The SMILES string of the molecule is CCCCOc1ccc([C@H]2C(C#N)=C(N)OC(C)=C2C(=O)OCC)cc1. The van der Waals surface area contributed by atoms with Gasteiger partial charge in [-0.3, -0.25) is 0 Å². The summed E-state index contributed by atoms with van der Waals surface area (Å²) in [6, 6.07) is 9.36. The number of carbonyl (C=O) groups is 1. The predicted molar refractivity (Wildman–Crippen MR) is 96.8 cm³/mol. The highest BCUT2D eigenvalue weighted by molar-refractivity contribution is 5.92. The number of rotatable bonds is 7. The molecule has 2 N–H and O–H groups in total. The van der Waals surface area contributed by atoms with E-state index >= 15 is 0 Å². The van der Waals surface area contributed by atoms with Crippen LogP contribution in [-0.2, 0) is 14.3 Å². The van der Waals surface area contributed by atoms with Crippen molar-refractivity contribution < 1.29 is 19.0 Å². The molecule has 1 heterocycles. The van der Waals surface area contributed by atoms with E-state index in [1.165, 1.54) is 0 Å². The Morgan fingerprint density at radius 3 is 2.58 bits per heavy atom. The van der Waals surface area contributed by atoms with Crippen molar-refractivity contribution in [3.63, 3.8) is 0 Å². The summed E-state index contributed by atoms with van der Waals surface area (Å²) in [4.78, 5) is 12.4. The fraction of sp³-hybridized carbons (Fsp3) is 0.400. The summed E-state index contributed by atoms with van der Waals surface area (Å²) in [5, 5.41) is 9.54. The van der Waals surface area contributed by atoms with Crippen LogP contribution < -0.4 is 10.5 Å². The lowest BCUT2D eigenvalue weighted by molar-refractivity contribution is -0.139. The highest BCUT2D eigenvalue weighted by atomic mass is 16.5. The molecule has 1 aliphatic rings. The third-order valence-corrected chi connectivity index (χ3v) is 4.08. The summed E-state index contributed by atoms with van der Waals surface area (Å²) in [5.41, 5.74) is 7.11. The van der Waals surface area contributed by atoms with Gasteiger partial charge in [0.15, 0.2) is 0 Å². The number of ether oxygens (including phenoxy) is 3. The number of esters is 1. The van der Waals surface area contributed by atoms with E-state index in [-0.39, 0.29) is 23.6 Å². The molecular formula is C20H24N2O4. The van der Waals surface area contributed by atoms with Crippen molar-refractivity contribution in [1.29, 1.82) is 5.26 Å². The molecule has 6 heteroatoms. The van der Waals surface area contributed by atoms with E-state index in [0.717, 1.165) is 24.2 Å². The fourth-order valence-electron chi connectivity index (χ4n) is 2.78. The second-order valence-electron chi connectivity index (χ2n) is 5.89. The van der Waals surface area contributed by atoms with Crippen LogP contribution in [-0.4, -0.2) is 19.2 Å². The number of carbonyl (C=O) groups excluding carboxylic acids is 1. The first-order valence-corrected chi connectivity index (χ1v) is 8.71. The van der Waals surface area contributed by atoms with Crippen molar-refractivity contribution >= 4 is 5.97 Å². The van der Waals surface area contributed by atoms with Gasteiger partial charge in [-0.25, -0.2) is 4.79 Å². The number of nitrogens with two attached hydrogens (primary N) is 1. The van der Waals surface area contributed by atoms with Crippen LogP contribution in [0.4, 0.5) is 0 Å². The molecule has 0 aliphatic carbocycles. The normalized spacial score (nSPS) is 16.8. The van der Waals surface area contributed by atoms with E-state index < -0.39 is 11.9 Å². The van der Waals surface area contributed by atoms with Gasteiger partial charge in [-0.05, 0) is 38.0 Å². The lowest BCUT2D eigenvalue weighted by Crippen LogP contribution is -2.25. The standard InChI is InChI=1S/C20H24N2O4/c1-4-6-11-25-15-9-7-14(8-10-15)18-16(12-21)19(22)26-13(3)17(18)20(23)24-5-2/h7-10,18H,4-6,11,22H2,1-3H3/t18-/m0/s1. The molecule has 0 radical (unpaired) electrons. The van der Waals surface area contributed by atoms with E-state index in [9.17, 15) is 10.1 Å². The maximum Gasteiger partial charge on any atom is 0.338 e. The van der Waals surface area contributed by atoms with Gasteiger partial charge in [-0.15, -0.1) is 0 Å². The number of hydrogen-bond donors (Lipinski definition) is 1. The predicted octanol–water partition coefficient (Wildman–Crippen LogP) is 3.51. The van der Waals surface area contributed by atoms with Crippen LogP contribution >= 0.6 is 0 Å². The average molecular weight is 356 g/mol. The third-order valence-electron chi connectivity index (χ3n) is 4.08. The summed E-state index contributed by atoms with van der Waals surface area (Å²) in [7, 11) is 0. The Balaban J connectivity index is 2.38. The zero-order chi connectivity index (χ0) is 19.1. The van der Waals surface area contributed by atoms with Gasteiger partial charge in [0.05, 0.1) is 24.7 Å². The molecule has 0 fully saturated rings. The van der Waals surface area contributed by atoms with Gasteiger partial charge in [0.2, 0.25) is 5.88 Å². The van der Waals surface area contributed by atoms with Crippen molar-refractivity contribution in [3.8, 4) is 11.8 Å². The largest absolute Gasteiger partial charge is 0.494 e.